The third-order valence-electron chi connectivity index (χ3n) is 5.73. The molecule has 0 bridgehead atoms. The second kappa shape index (κ2) is 13.6. The molecule has 12 heteroatoms. The van der Waals surface area contributed by atoms with Crippen molar-refractivity contribution in [3.8, 4) is 11.5 Å². The number of benzene rings is 3. The average molecular weight is 599 g/mol. The van der Waals surface area contributed by atoms with E-state index >= 15 is 0 Å². The average Bonchev–Trinajstić information content (AvgIpc) is 2.86. The second-order valence-corrected chi connectivity index (χ2v) is 11.9. The predicted molar refractivity (Wildman–Crippen MR) is 149 cm³/mol. The number of hydrogen-bond acceptors (Lipinski definition) is 6. The highest BCUT2D eigenvalue weighted by atomic mass is 35.5. The number of hydrazine groups is 1. The van der Waals surface area contributed by atoms with Crippen molar-refractivity contribution >= 4 is 36.7 Å². The molecule has 3 rings (SSSR count). The molecule has 2 unspecified atom stereocenters. The van der Waals surface area contributed by atoms with Crippen molar-refractivity contribution in [2.45, 2.75) is 32.7 Å². The van der Waals surface area contributed by atoms with Gasteiger partial charge in [-0.2, -0.15) is 0 Å². The molecule has 0 aliphatic carbocycles. The van der Waals surface area contributed by atoms with Crippen molar-refractivity contribution in [1.29, 1.82) is 0 Å². The summed E-state index contributed by atoms with van der Waals surface area (Å²) in [6.45, 7) is 4.05. The molecule has 3 aromatic carbocycles. The van der Waals surface area contributed by atoms with Crippen molar-refractivity contribution < 1.29 is 33.2 Å². The van der Waals surface area contributed by atoms with E-state index in [9.17, 15) is 23.7 Å². The van der Waals surface area contributed by atoms with Crippen LogP contribution < -0.4 is 10.2 Å². The molecule has 0 radical (unpaired) electrons. The zero-order valence-electron chi connectivity index (χ0n) is 21.7. The number of nitrogens with one attached hydrogen (secondary N) is 1. The standard InChI is InChI=1S/C27H30Cl2FN2O6P/c1-4-37-27(34)17(2)31-32(39(3,35)36)16-38-22-14-24(28)23(25(29)15-22)13-19-7-10-26(33)20(12-19)11-18-5-8-21(30)9-6-18/h5-10,12,14-15,17,31,33H,4,11,13,16H2,1-3H3,(H,35,36). The van der Waals surface area contributed by atoms with Crippen molar-refractivity contribution in [3.63, 3.8) is 0 Å². The topological polar surface area (TPSA) is 108 Å². The first kappa shape index (κ1) is 30.9. The van der Waals surface area contributed by atoms with Crippen LogP contribution in [0.25, 0.3) is 0 Å². The highest BCUT2D eigenvalue weighted by Gasteiger charge is 2.27. The molecule has 0 saturated carbocycles. The van der Waals surface area contributed by atoms with Crippen LogP contribution in [-0.2, 0) is 26.9 Å². The SMILES string of the molecule is CCOC(=O)C(C)NN(COc1cc(Cl)c(Cc2ccc(O)c(Cc3ccc(F)cc3)c2)c(Cl)c1)P(C)(=O)O. The van der Waals surface area contributed by atoms with Crippen molar-refractivity contribution in [2.75, 3.05) is 20.0 Å². The Labute approximate surface area is 236 Å². The lowest BCUT2D eigenvalue weighted by Crippen LogP contribution is -2.47. The number of aromatic hydroxyl groups is 1. The molecule has 0 aliphatic rings. The van der Waals surface area contributed by atoms with Crippen LogP contribution in [0, 0.1) is 5.82 Å². The lowest BCUT2D eigenvalue weighted by Gasteiger charge is -2.27. The molecule has 3 N–H and O–H groups in total. The number of halogens is 3. The Hall–Kier alpha value is -2.65. The molecule has 0 aromatic heterocycles. The highest BCUT2D eigenvalue weighted by Crippen LogP contribution is 2.39. The van der Waals surface area contributed by atoms with Gasteiger partial charge in [0.1, 0.15) is 23.4 Å². The number of phenolic OH excluding ortho intramolecular Hbond substituents is 1. The minimum atomic E-state index is -3.86. The summed E-state index contributed by atoms with van der Waals surface area (Å²) in [5, 5.41) is 10.9. The van der Waals surface area contributed by atoms with E-state index in [1.165, 1.54) is 31.2 Å². The Morgan fingerprint density at radius 1 is 1.08 bits per heavy atom. The lowest BCUT2D eigenvalue weighted by atomic mass is 9.98. The van der Waals surface area contributed by atoms with Gasteiger partial charge in [0, 0.05) is 29.6 Å². The zero-order chi connectivity index (χ0) is 28.7. The van der Waals surface area contributed by atoms with Gasteiger partial charge in [-0.25, -0.2) is 9.82 Å². The molecule has 8 nitrogen and oxygen atoms in total. The Morgan fingerprint density at radius 3 is 2.28 bits per heavy atom. The van der Waals surface area contributed by atoms with Gasteiger partial charge >= 0.3 is 5.97 Å². The number of esters is 1. The molecule has 0 fully saturated rings. The fraction of sp³-hybridized carbons (Fsp3) is 0.296. The van der Waals surface area contributed by atoms with Crippen LogP contribution in [0.4, 0.5) is 4.39 Å². The van der Waals surface area contributed by atoms with E-state index in [4.69, 9.17) is 32.7 Å². The van der Waals surface area contributed by atoms with Gasteiger partial charge in [-0.1, -0.05) is 47.5 Å². The van der Waals surface area contributed by atoms with Gasteiger partial charge in [0.05, 0.1) is 6.61 Å². The van der Waals surface area contributed by atoms with Crippen LogP contribution >= 0.6 is 30.7 Å². The number of ether oxygens (including phenoxy) is 2. The van der Waals surface area contributed by atoms with E-state index < -0.39 is 19.5 Å². The van der Waals surface area contributed by atoms with Crippen LogP contribution in [0.3, 0.4) is 0 Å². The summed E-state index contributed by atoms with van der Waals surface area (Å²) in [5.74, 6) is -0.540. The molecule has 0 saturated heterocycles. The summed E-state index contributed by atoms with van der Waals surface area (Å²) < 4.78 is 37.1. The highest BCUT2D eigenvalue weighted by molar-refractivity contribution is 7.54. The number of rotatable bonds is 12. The summed E-state index contributed by atoms with van der Waals surface area (Å²) in [5.41, 5.74) is 5.62. The van der Waals surface area contributed by atoms with Gasteiger partial charge in [0.25, 0.3) is 7.52 Å². The van der Waals surface area contributed by atoms with E-state index in [1.54, 1.807) is 31.2 Å². The molecule has 3 aromatic rings. The zero-order valence-corrected chi connectivity index (χ0v) is 24.1. The Morgan fingerprint density at radius 2 is 1.69 bits per heavy atom. The predicted octanol–water partition coefficient (Wildman–Crippen LogP) is 5.93. The fourth-order valence-corrected chi connectivity index (χ4v) is 4.94. The monoisotopic (exact) mass is 598 g/mol. The largest absolute Gasteiger partial charge is 0.508 e. The molecular formula is C27H30Cl2FN2O6P. The summed E-state index contributed by atoms with van der Waals surface area (Å²) >= 11 is 13.0. The van der Waals surface area contributed by atoms with E-state index in [0.29, 0.717) is 34.0 Å². The van der Waals surface area contributed by atoms with Crippen molar-refractivity contribution in [3.05, 3.63) is 92.7 Å². The first-order valence-electron chi connectivity index (χ1n) is 12.0. The summed E-state index contributed by atoms with van der Waals surface area (Å²) in [7, 11) is -3.86. The first-order valence-corrected chi connectivity index (χ1v) is 14.9. The van der Waals surface area contributed by atoms with Crippen LogP contribution in [0.2, 0.25) is 10.0 Å². The smallest absolute Gasteiger partial charge is 0.324 e. The van der Waals surface area contributed by atoms with Crippen LogP contribution in [0.15, 0.2) is 54.6 Å². The van der Waals surface area contributed by atoms with E-state index in [1.807, 2.05) is 6.07 Å². The van der Waals surface area contributed by atoms with Gasteiger partial charge in [-0.05, 0) is 66.4 Å². The summed E-state index contributed by atoms with van der Waals surface area (Å²) in [6.07, 6.45) is 0.778. The Bertz CT molecular complexity index is 1330. The van der Waals surface area contributed by atoms with Crippen LogP contribution in [0.1, 0.15) is 36.1 Å². The minimum absolute atomic E-state index is 0.122. The number of phenols is 1. The number of hydrogen-bond donors (Lipinski definition) is 3. The minimum Gasteiger partial charge on any atom is -0.508 e. The number of carbonyl (C=O) groups excluding carboxylic acids is 1. The summed E-state index contributed by atoms with van der Waals surface area (Å²) in [6, 6.07) is 13.4. The fourth-order valence-electron chi connectivity index (χ4n) is 3.68. The van der Waals surface area contributed by atoms with E-state index in [-0.39, 0.29) is 30.7 Å². The maximum absolute atomic E-state index is 13.2. The van der Waals surface area contributed by atoms with E-state index in [0.717, 1.165) is 22.6 Å². The number of nitrogens with zero attached hydrogens (tertiary/aromatic N) is 1. The van der Waals surface area contributed by atoms with Gasteiger partial charge in [0.2, 0.25) is 0 Å². The van der Waals surface area contributed by atoms with E-state index in [2.05, 4.69) is 5.43 Å². The third kappa shape index (κ3) is 8.93. The molecular weight excluding hydrogens is 569 g/mol. The molecule has 0 aliphatic heterocycles. The lowest BCUT2D eigenvalue weighted by molar-refractivity contribution is -0.146. The molecule has 2 atom stereocenters. The molecule has 210 valence electrons. The van der Waals surface area contributed by atoms with Crippen LogP contribution in [-0.4, -0.2) is 46.8 Å². The maximum atomic E-state index is 13.2. The maximum Gasteiger partial charge on any atom is 0.324 e. The van der Waals surface area contributed by atoms with Gasteiger partial charge in [-0.3, -0.25) is 9.36 Å². The van der Waals surface area contributed by atoms with Gasteiger partial charge < -0.3 is 19.5 Å². The quantitative estimate of drug-likeness (QED) is 0.102. The second-order valence-electron chi connectivity index (χ2n) is 8.92. The van der Waals surface area contributed by atoms with Gasteiger partial charge in [0.15, 0.2) is 6.73 Å². The number of carbonyl (C=O) groups is 1. The molecule has 39 heavy (non-hydrogen) atoms. The Kier molecular flexibility index (Phi) is 10.8. The van der Waals surface area contributed by atoms with Crippen LogP contribution in [0.5, 0.6) is 11.5 Å². The Balaban J connectivity index is 1.72. The molecule has 0 spiro atoms. The normalized spacial score (nSPS) is 13.6. The van der Waals surface area contributed by atoms with Crippen molar-refractivity contribution in [1.82, 2.24) is 10.2 Å². The molecule has 0 heterocycles. The van der Waals surface area contributed by atoms with Gasteiger partial charge in [-0.15, -0.1) is 4.78 Å². The summed E-state index contributed by atoms with van der Waals surface area (Å²) in [4.78, 5) is 22.0. The molecule has 0 amide bonds. The first-order chi connectivity index (χ1) is 18.4. The van der Waals surface area contributed by atoms with Crippen molar-refractivity contribution in [2.24, 2.45) is 0 Å². The third-order valence-corrected chi connectivity index (χ3v) is 7.53.